The van der Waals surface area contributed by atoms with Crippen LogP contribution in [-0.2, 0) is 24.8 Å². The molecule has 0 aliphatic rings. The first-order chi connectivity index (χ1) is 14.6. The summed E-state index contributed by atoms with van der Waals surface area (Å²) in [6, 6.07) is 6.53. The molecule has 0 bridgehead atoms. The van der Waals surface area contributed by atoms with Crippen LogP contribution in [0.5, 0.6) is 0 Å². The van der Waals surface area contributed by atoms with Crippen LogP contribution in [0.25, 0.3) is 10.9 Å². The smallest absolute Gasteiger partial charge is 0.191 e. The van der Waals surface area contributed by atoms with Crippen LogP contribution in [0.4, 0.5) is 0 Å². The number of fused-ring (bicyclic) bond motifs is 1. The molecule has 2 heterocycles. The highest BCUT2D eigenvalue weighted by molar-refractivity contribution is 14.0. The van der Waals surface area contributed by atoms with E-state index < -0.39 is 0 Å². The molecule has 8 nitrogen and oxygen atoms in total. The summed E-state index contributed by atoms with van der Waals surface area (Å²) in [6.45, 7) is 9.62. The van der Waals surface area contributed by atoms with Crippen LogP contribution < -0.4 is 10.6 Å². The Balaban J connectivity index is 0.00000341. The summed E-state index contributed by atoms with van der Waals surface area (Å²) >= 11 is 0. The van der Waals surface area contributed by atoms with Crippen molar-refractivity contribution in [1.82, 2.24) is 30.4 Å². The second kappa shape index (κ2) is 12.7. The van der Waals surface area contributed by atoms with Crippen LogP contribution >= 0.6 is 24.0 Å². The van der Waals surface area contributed by atoms with Gasteiger partial charge in [0.1, 0.15) is 12.4 Å². The van der Waals surface area contributed by atoms with E-state index in [0.29, 0.717) is 6.54 Å². The lowest BCUT2D eigenvalue weighted by Crippen LogP contribution is -2.39. The molecule has 0 spiro atoms. The van der Waals surface area contributed by atoms with Crippen LogP contribution in [0.15, 0.2) is 29.4 Å². The zero-order valence-electron chi connectivity index (χ0n) is 18.9. The van der Waals surface area contributed by atoms with E-state index in [4.69, 9.17) is 9.73 Å². The Morgan fingerprint density at radius 2 is 2.00 bits per heavy atom. The average molecular weight is 539 g/mol. The van der Waals surface area contributed by atoms with Gasteiger partial charge >= 0.3 is 0 Å². The number of benzene rings is 1. The number of aromatic nitrogens is 4. The molecule has 9 heteroatoms. The van der Waals surface area contributed by atoms with Crippen molar-refractivity contribution in [3.63, 3.8) is 0 Å². The lowest BCUT2D eigenvalue weighted by Gasteiger charge is -2.12. The zero-order valence-corrected chi connectivity index (χ0v) is 21.2. The summed E-state index contributed by atoms with van der Waals surface area (Å²) in [4.78, 5) is 8.07. The van der Waals surface area contributed by atoms with E-state index in [1.165, 1.54) is 22.0 Å². The molecule has 1 aromatic carbocycles. The van der Waals surface area contributed by atoms with Crippen molar-refractivity contribution in [1.29, 1.82) is 0 Å². The predicted molar refractivity (Wildman–Crippen MR) is 136 cm³/mol. The largest absolute Gasteiger partial charge is 0.382 e. The Kier molecular flexibility index (Phi) is 10.3. The molecule has 170 valence electrons. The molecule has 0 saturated heterocycles. The normalized spacial score (nSPS) is 11.5. The van der Waals surface area contributed by atoms with Gasteiger partial charge in [-0.1, -0.05) is 12.1 Å². The molecule has 31 heavy (non-hydrogen) atoms. The van der Waals surface area contributed by atoms with E-state index in [9.17, 15) is 0 Å². The zero-order chi connectivity index (χ0) is 21.3. The predicted octanol–water partition coefficient (Wildman–Crippen LogP) is 3.24. The van der Waals surface area contributed by atoms with Crippen LogP contribution in [0.3, 0.4) is 0 Å². The van der Waals surface area contributed by atoms with Gasteiger partial charge in [-0.3, -0.25) is 0 Å². The van der Waals surface area contributed by atoms with Crippen LogP contribution in [0.2, 0.25) is 0 Å². The molecule has 0 unspecified atom stereocenters. The third-order valence-electron chi connectivity index (χ3n) is 5.13. The number of aromatic amines is 1. The van der Waals surface area contributed by atoms with Crippen molar-refractivity contribution in [2.24, 2.45) is 12.0 Å². The molecule has 3 rings (SSSR count). The lowest BCUT2D eigenvalue weighted by atomic mass is 10.1. The first kappa shape index (κ1) is 25.1. The molecule has 3 aromatic rings. The fourth-order valence-corrected chi connectivity index (χ4v) is 3.26. The number of ether oxygens (including phenoxy) is 1. The van der Waals surface area contributed by atoms with Gasteiger partial charge in [0.2, 0.25) is 0 Å². The molecule has 0 saturated carbocycles. The highest BCUT2D eigenvalue weighted by atomic mass is 127. The first-order valence-corrected chi connectivity index (χ1v) is 10.6. The molecular weight excluding hydrogens is 505 g/mol. The topological polar surface area (TPSA) is 92.2 Å². The number of H-pyrrole nitrogens is 1. The summed E-state index contributed by atoms with van der Waals surface area (Å²) in [5.41, 5.74) is 3.75. The van der Waals surface area contributed by atoms with Gasteiger partial charge in [-0.25, -0.2) is 4.99 Å². The number of nitrogens with one attached hydrogen (secondary N) is 3. The molecule has 0 aliphatic heterocycles. The van der Waals surface area contributed by atoms with Crippen molar-refractivity contribution >= 4 is 40.8 Å². The Morgan fingerprint density at radius 3 is 2.74 bits per heavy atom. The van der Waals surface area contributed by atoms with Crippen molar-refractivity contribution < 1.29 is 4.74 Å². The Hall–Kier alpha value is -2.14. The highest BCUT2D eigenvalue weighted by Crippen LogP contribution is 2.19. The van der Waals surface area contributed by atoms with E-state index in [-0.39, 0.29) is 24.0 Å². The minimum atomic E-state index is 0. The van der Waals surface area contributed by atoms with Crippen LogP contribution in [-0.4, -0.2) is 52.0 Å². The third kappa shape index (κ3) is 7.20. The molecule has 0 radical (unpaired) electrons. The van der Waals surface area contributed by atoms with Gasteiger partial charge < -0.3 is 24.9 Å². The standard InChI is InChI=1S/C22H33N7O.HI/c1-5-30-12-6-10-23-22(26-15-21-28-27-17(3)29(21)4)24-11-9-18-14-25-20-13-16(2)7-8-19(18)20;/h7-8,13-14,25H,5-6,9-12,15H2,1-4H3,(H2,23,24,26);1H. The maximum absolute atomic E-state index is 5.42. The fourth-order valence-electron chi connectivity index (χ4n) is 3.26. The number of aliphatic imine (C=N–C) groups is 1. The third-order valence-corrected chi connectivity index (χ3v) is 5.13. The highest BCUT2D eigenvalue weighted by Gasteiger charge is 2.07. The maximum Gasteiger partial charge on any atom is 0.191 e. The number of hydrogen-bond acceptors (Lipinski definition) is 4. The Morgan fingerprint density at radius 1 is 1.19 bits per heavy atom. The monoisotopic (exact) mass is 539 g/mol. The SMILES string of the molecule is CCOCCCNC(=NCc1nnc(C)n1C)NCCc1c[nH]c2cc(C)ccc12.I. The minimum Gasteiger partial charge on any atom is -0.382 e. The van der Waals surface area contributed by atoms with Gasteiger partial charge in [-0.15, -0.1) is 34.2 Å². The van der Waals surface area contributed by atoms with E-state index in [1.54, 1.807) is 0 Å². The van der Waals surface area contributed by atoms with Crippen LogP contribution in [0.1, 0.15) is 36.1 Å². The second-order valence-corrected chi connectivity index (χ2v) is 7.40. The Bertz CT molecular complexity index is 980. The minimum absolute atomic E-state index is 0. The average Bonchev–Trinajstić information content (AvgIpc) is 3.28. The van der Waals surface area contributed by atoms with E-state index in [2.05, 4.69) is 57.1 Å². The van der Waals surface area contributed by atoms with E-state index in [1.807, 2.05) is 25.5 Å². The number of aryl methyl sites for hydroxylation is 2. The summed E-state index contributed by atoms with van der Waals surface area (Å²) in [5.74, 6) is 2.51. The fraction of sp³-hybridized carbons (Fsp3) is 0.500. The quantitative estimate of drug-likeness (QED) is 0.159. The lowest BCUT2D eigenvalue weighted by molar-refractivity contribution is 0.145. The van der Waals surface area contributed by atoms with Crippen molar-refractivity contribution in [2.75, 3.05) is 26.3 Å². The summed E-state index contributed by atoms with van der Waals surface area (Å²) in [5, 5.41) is 16.4. The summed E-state index contributed by atoms with van der Waals surface area (Å²) in [7, 11) is 1.96. The van der Waals surface area contributed by atoms with Gasteiger partial charge in [0, 0.05) is 50.5 Å². The molecule has 0 fully saturated rings. The maximum atomic E-state index is 5.42. The van der Waals surface area contributed by atoms with Crippen molar-refractivity contribution in [2.45, 2.75) is 40.2 Å². The Labute approximate surface area is 201 Å². The van der Waals surface area contributed by atoms with Gasteiger partial charge in [0.25, 0.3) is 0 Å². The van der Waals surface area contributed by atoms with E-state index >= 15 is 0 Å². The van der Waals surface area contributed by atoms with Gasteiger partial charge in [0.15, 0.2) is 11.8 Å². The van der Waals surface area contributed by atoms with Gasteiger partial charge in [0.05, 0.1) is 0 Å². The number of hydrogen-bond donors (Lipinski definition) is 3. The summed E-state index contributed by atoms with van der Waals surface area (Å²) in [6.07, 6.45) is 3.94. The number of halogens is 1. The molecule has 3 N–H and O–H groups in total. The molecular formula is C22H34IN7O. The number of guanidine groups is 1. The molecule has 0 atom stereocenters. The summed E-state index contributed by atoms with van der Waals surface area (Å²) < 4.78 is 7.38. The van der Waals surface area contributed by atoms with Crippen molar-refractivity contribution in [3.8, 4) is 0 Å². The second-order valence-electron chi connectivity index (χ2n) is 7.40. The first-order valence-electron chi connectivity index (χ1n) is 10.6. The molecule has 0 aliphatic carbocycles. The van der Waals surface area contributed by atoms with Gasteiger partial charge in [-0.2, -0.15) is 0 Å². The van der Waals surface area contributed by atoms with Crippen molar-refractivity contribution in [3.05, 3.63) is 47.2 Å². The van der Waals surface area contributed by atoms with E-state index in [0.717, 1.165) is 56.8 Å². The van der Waals surface area contributed by atoms with Crippen LogP contribution in [0, 0.1) is 13.8 Å². The number of nitrogens with zero attached hydrogens (tertiary/aromatic N) is 4. The van der Waals surface area contributed by atoms with Gasteiger partial charge in [-0.05, 0) is 50.8 Å². The molecule has 2 aromatic heterocycles. The molecule has 0 amide bonds. The number of rotatable bonds is 10.